The summed E-state index contributed by atoms with van der Waals surface area (Å²) in [6.07, 6.45) is -0.0747. The quantitative estimate of drug-likeness (QED) is 0.496. The van der Waals surface area contributed by atoms with Crippen molar-refractivity contribution in [1.82, 2.24) is 9.88 Å². The highest BCUT2D eigenvalue weighted by molar-refractivity contribution is 7.92. The minimum absolute atomic E-state index is 0.258. The van der Waals surface area contributed by atoms with E-state index in [2.05, 4.69) is 14.6 Å². The molecule has 0 saturated carbocycles. The number of likely N-dealkylation sites (tertiary alicyclic amines) is 1. The summed E-state index contributed by atoms with van der Waals surface area (Å²) in [7, 11) is -3.47. The van der Waals surface area contributed by atoms with Gasteiger partial charge in [0.25, 0.3) is 0 Å². The van der Waals surface area contributed by atoms with Gasteiger partial charge in [-0.15, -0.1) is 13.2 Å². The molecular formula is C24H23F3N2O3S. The Labute approximate surface area is 190 Å². The summed E-state index contributed by atoms with van der Waals surface area (Å²) in [5, 5.41) is -0.438. The Morgan fingerprint density at radius 1 is 0.939 bits per heavy atom. The molecule has 0 unspecified atom stereocenters. The third-order valence-corrected chi connectivity index (χ3v) is 7.98. The van der Waals surface area contributed by atoms with E-state index in [4.69, 9.17) is 0 Å². The molecule has 0 atom stereocenters. The molecule has 2 aromatic carbocycles. The fraction of sp³-hybridized carbons (Fsp3) is 0.292. The number of benzene rings is 2. The lowest BCUT2D eigenvalue weighted by molar-refractivity contribution is -0.274. The van der Waals surface area contributed by atoms with Gasteiger partial charge in [0, 0.05) is 18.9 Å². The van der Waals surface area contributed by atoms with E-state index < -0.39 is 21.4 Å². The van der Waals surface area contributed by atoms with Crippen LogP contribution in [0.5, 0.6) is 5.75 Å². The van der Waals surface area contributed by atoms with Gasteiger partial charge in [0.15, 0.2) is 9.84 Å². The highest BCUT2D eigenvalue weighted by Crippen LogP contribution is 2.29. The summed E-state index contributed by atoms with van der Waals surface area (Å²) in [6, 6.07) is 15.8. The van der Waals surface area contributed by atoms with Gasteiger partial charge in [-0.25, -0.2) is 8.42 Å². The average Bonchev–Trinajstić information content (AvgIpc) is 2.80. The van der Waals surface area contributed by atoms with Gasteiger partial charge in [-0.1, -0.05) is 30.3 Å². The van der Waals surface area contributed by atoms with E-state index in [1.807, 2.05) is 18.3 Å². The van der Waals surface area contributed by atoms with Crippen molar-refractivity contribution in [2.75, 3.05) is 13.1 Å². The number of hydrogen-bond acceptors (Lipinski definition) is 5. The molecule has 0 aliphatic carbocycles. The van der Waals surface area contributed by atoms with Crippen molar-refractivity contribution in [2.45, 2.75) is 35.9 Å². The number of ether oxygens (including phenoxy) is 1. The Balaban J connectivity index is 1.39. The predicted molar refractivity (Wildman–Crippen MR) is 118 cm³/mol. The first-order chi connectivity index (χ1) is 15.7. The monoisotopic (exact) mass is 476 g/mol. The van der Waals surface area contributed by atoms with Crippen molar-refractivity contribution >= 4 is 9.84 Å². The topological polar surface area (TPSA) is 59.5 Å². The molecule has 1 fully saturated rings. The number of aromatic nitrogens is 1. The standard InChI is InChI=1S/C24H23F3N2O3S/c25-24(26,27)32-21-7-3-19(4-8-21)20-5-9-22(10-6-20)33(30,31)23-11-14-29(15-12-23)17-18-2-1-13-28-16-18/h1-10,13,16,23H,11-12,14-15,17H2. The summed E-state index contributed by atoms with van der Waals surface area (Å²) in [5.74, 6) is -0.305. The summed E-state index contributed by atoms with van der Waals surface area (Å²) in [6.45, 7) is 2.15. The third-order valence-electron chi connectivity index (χ3n) is 5.71. The van der Waals surface area contributed by atoms with E-state index in [1.54, 1.807) is 30.5 Å². The molecule has 0 amide bonds. The molecule has 174 valence electrons. The third kappa shape index (κ3) is 5.91. The molecule has 1 saturated heterocycles. The molecule has 1 aliphatic rings. The first-order valence-electron chi connectivity index (χ1n) is 10.5. The number of pyridine rings is 1. The van der Waals surface area contributed by atoms with Crippen LogP contribution in [-0.2, 0) is 16.4 Å². The second kappa shape index (κ2) is 9.52. The maximum absolute atomic E-state index is 13.1. The minimum Gasteiger partial charge on any atom is -0.406 e. The lowest BCUT2D eigenvalue weighted by atomic mass is 10.1. The summed E-state index contributed by atoms with van der Waals surface area (Å²) in [5.41, 5.74) is 2.48. The number of piperidine rings is 1. The number of nitrogens with zero attached hydrogens (tertiary/aromatic N) is 2. The lowest BCUT2D eigenvalue weighted by Crippen LogP contribution is -2.38. The molecule has 1 aromatic heterocycles. The Bertz CT molecular complexity index is 1160. The van der Waals surface area contributed by atoms with Crippen LogP contribution >= 0.6 is 0 Å². The Hall–Kier alpha value is -2.91. The van der Waals surface area contributed by atoms with Crippen molar-refractivity contribution in [3.05, 3.63) is 78.6 Å². The van der Waals surface area contributed by atoms with Crippen LogP contribution in [-0.4, -0.2) is 43.0 Å². The molecule has 3 aromatic rings. The van der Waals surface area contributed by atoms with Crippen molar-refractivity contribution in [2.24, 2.45) is 0 Å². The molecule has 9 heteroatoms. The van der Waals surface area contributed by atoms with E-state index in [0.29, 0.717) is 37.1 Å². The van der Waals surface area contributed by atoms with Crippen LogP contribution in [0.15, 0.2) is 78.0 Å². The van der Waals surface area contributed by atoms with Crippen LogP contribution in [0.25, 0.3) is 11.1 Å². The summed E-state index contributed by atoms with van der Waals surface area (Å²) >= 11 is 0. The molecule has 0 bridgehead atoms. The van der Waals surface area contributed by atoms with Crippen molar-refractivity contribution in [1.29, 1.82) is 0 Å². The van der Waals surface area contributed by atoms with Crippen LogP contribution in [0.4, 0.5) is 13.2 Å². The highest BCUT2D eigenvalue weighted by atomic mass is 32.2. The zero-order valence-corrected chi connectivity index (χ0v) is 18.5. The normalized spacial score (nSPS) is 16.0. The first-order valence-corrected chi connectivity index (χ1v) is 12.1. The van der Waals surface area contributed by atoms with Gasteiger partial charge >= 0.3 is 6.36 Å². The van der Waals surface area contributed by atoms with Gasteiger partial charge in [0.1, 0.15) is 5.75 Å². The number of sulfone groups is 1. The van der Waals surface area contributed by atoms with E-state index in [-0.39, 0.29) is 10.6 Å². The fourth-order valence-corrected chi connectivity index (χ4v) is 5.74. The molecule has 33 heavy (non-hydrogen) atoms. The maximum Gasteiger partial charge on any atom is 0.573 e. The van der Waals surface area contributed by atoms with Gasteiger partial charge < -0.3 is 4.74 Å². The summed E-state index contributed by atoms with van der Waals surface area (Å²) in [4.78, 5) is 6.61. The Morgan fingerprint density at radius 3 is 2.09 bits per heavy atom. The molecule has 5 nitrogen and oxygen atoms in total. The smallest absolute Gasteiger partial charge is 0.406 e. The number of alkyl halides is 3. The van der Waals surface area contributed by atoms with Gasteiger partial charge in [-0.3, -0.25) is 9.88 Å². The van der Waals surface area contributed by atoms with Crippen LogP contribution < -0.4 is 4.74 Å². The van der Waals surface area contributed by atoms with Crippen LogP contribution in [0.1, 0.15) is 18.4 Å². The van der Waals surface area contributed by atoms with Gasteiger partial charge in [-0.05, 0) is 73.0 Å². The Kier molecular flexibility index (Phi) is 6.71. The van der Waals surface area contributed by atoms with Crippen molar-refractivity contribution in [3.63, 3.8) is 0 Å². The van der Waals surface area contributed by atoms with Gasteiger partial charge in [0.05, 0.1) is 10.1 Å². The SMILES string of the molecule is O=S(=O)(c1ccc(-c2ccc(OC(F)(F)F)cc2)cc1)C1CCN(Cc2cccnc2)CC1. The zero-order chi connectivity index (χ0) is 23.5. The van der Waals surface area contributed by atoms with Gasteiger partial charge in [0.2, 0.25) is 0 Å². The second-order valence-corrected chi connectivity index (χ2v) is 10.2. The van der Waals surface area contributed by atoms with E-state index >= 15 is 0 Å². The Morgan fingerprint density at radius 2 is 1.55 bits per heavy atom. The molecule has 1 aliphatic heterocycles. The lowest BCUT2D eigenvalue weighted by Gasteiger charge is -2.31. The van der Waals surface area contributed by atoms with E-state index in [9.17, 15) is 21.6 Å². The molecule has 0 N–H and O–H groups in total. The van der Waals surface area contributed by atoms with E-state index in [0.717, 1.165) is 12.1 Å². The van der Waals surface area contributed by atoms with Gasteiger partial charge in [-0.2, -0.15) is 0 Å². The molecule has 0 spiro atoms. The van der Waals surface area contributed by atoms with E-state index in [1.165, 1.54) is 24.3 Å². The summed E-state index contributed by atoms with van der Waals surface area (Å²) < 4.78 is 67.1. The molecule has 4 rings (SSSR count). The second-order valence-electron chi connectivity index (χ2n) is 7.98. The molecule has 0 radical (unpaired) electrons. The zero-order valence-electron chi connectivity index (χ0n) is 17.7. The average molecular weight is 477 g/mol. The highest BCUT2D eigenvalue weighted by Gasteiger charge is 2.32. The first kappa shape index (κ1) is 23.3. The largest absolute Gasteiger partial charge is 0.573 e. The molecular weight excluding hydrogens is 453 g/mol. The minimum atomic E-state index is -4.74. The number of rotatable bonds is 6. The van der Waals surface area contributed by atoms with Crippen LogP contribution in [0.2, 0.25) is 0 Å². The predicted octanol–water partition coefficient (Wildman–Crippen LogP) is 5.09. The van der Waals surface area contributed by atoms with Crippen LogP contribution in [0.3, 0.4) is 0 Å². The number of hydrogen-bond donors (Lipinski definition) is 0. The van der Waals surface area contributed by atoms with Crippen molar-refractivity contribution < 1.29 is 26.3 Å². The fourth-order valence-electron chi connectivity index (χ4n) is 4.01. The van der Waals surface area contributed by atoms with Crippen molar-refractivity contribution in [3.8, 4) is 16.9 Å². The molecule has 2 heterocycles. The van der Waals surface area contributed by atoms with Crippen LogP contribution in [0, 0.1) is 0 Å². The number of halogens is 3. The maximum atomic E-state index is 13.1.